The topological polar surface area (TPSA) is 29.3 Å². The van der Waals surface area contributed by atoms with Crippen molar-refractivity contribution in [3.05, 3.63) is 29.6 Å². The van der Waals surface area contributed by atoms with E-state index in [0.717, 1.165) is 24.6 Å². The Morgan fingerprint density at radius 2 is 2.06 bits per heavy atom. The number of hydrogen-bond donors (Lipinski definition) is 1. The van der Waals surface area contributed by atoms with Gasteiger partial charge in [-0.15, -0.1) is 0 Å². The van der Waals surface area contributed by atoms with Crippen LogP contribution >= 0.6 is 0 Å². The summed E-state index contributed by atoms with van der Waals surface area (Å²) in [5, 5.41) is 0. The molecule has 1 saturated heterocycles. The molecule has 1 heterocycles. The summed E-state index contributed by atoms with van der Waals surface area (Å²) in [7, 11) is 0. The number of nitrogens with two attached hydrogens (primary N) is 1. The Bertz CT molecular complexity index is 433. The van der Waals surface area contributed by atoms with Crippen LogP contribution in [0, 0.1) is 11.7 Å². The van der Waals surface area contributed by atoms with Crippen LogP contribution in [0.4, 0.5) is 10.1 Å². The summed E-state index contributed by atoms with van der Waals surface area (Å²) in [5.74, 6) is 0.700. The first-order valence-corrected chi connectivity index (χ1v) is 7.02. The number of fused-ring (bicyclic) bond motifs is 1. The monoisotopic (exact) mass is 248 g/mol. The molecule has 1 aliphatic heterocycles. The third-order valence-corrected chi connectivity index (χ3v) is 4.56. The predicted molar refractivity (Wildman–Crippen MR) is 71.6 cm³/mol. The highest BCUT2D eigenvalue weighted by Crippen LogP contribution is 2.37. The lowest BCUT2D eigenvalue weighted by molar-refractivity contribution is 0.104. The van der Waals surface area contributed by atoms with Crippen molar-refractivity contribution in [2.75, 3.05) is 12.3 Å². The van der Waals surface area contributed by atoms with E-state index in [1.54, 1.807) is 6.07 Å². The molecule has 0 aromatic heterocycles. The second kappa shape index (κ2) is 4.88. The SMILES string of the molecule is Nc1ccc(CN2CCCC3CCCC32)c(F)c1. The van der Waals surface area contributed by atoms with Crippen molar-refractivity contribution in [2.45, 2.75) is 44.7 Å². The fourth-order valence-corrected chi connectivity index (χ4v) is 3.66. The first kappa shape index (κ1) is 12.0. The minimum absolute atomic E-state index is 0.157. The molecular formula is C15H21FN2. The van der Waals surface area contributed by atoms with Gasteiger partial charge in [-0.1, -0.05) is 12.5 Å². The fourth-order valence-electron chi connectivity index (χ4n) is 3.66. The number of nitrogens with zero attached hydrogens (tertiary/aromatic N) is 1. The lowest BCUT2D eigenvalue weighted by atomic mass is 9.91. The second-order valence-electron chi connectivity index (χ2n) is 5.72. The number of anilines is 1. The summed E-state index contributed by atoms with van der Waals surface area (Å²) in [5.41, 5.74) is 6.89. The van der Waals surface area contributed by atoms with Crippen molar-refractivity contribution in [1.82, 2.24) is 4.90 Å². The van der Waals surface area contributed by atoms with E-state index in [1.807, 2.05) is 6.07 Å². The van der Waals surface area contributed by atoms with Gasteiger partial charge in [0.25, 0.3) is 0 Å². The van der Waals surface area contributed by atoms with E-state index in [9.17, 15) is 4.39 Å². The van der Waals surface area contributed by atoms with E-state index < -0.39 is 0 Å². The van der Waals surface area contributed by atoms with Crippen LogP contribution in [0.15, 0.2) is 18.2 Å². The van der Waals surface area contributed by atoms with E-state index in [1.165, 1.54) is 38.2 Å². The number of benzene rings is 1. The predicted octanol–water partition coefficient (Wildman–Crippen LogP) is 3.17. The minimum Gasteiger partial charge on any atom is -0.399 e. The highest BCUT2D eigenvalue weighted by atomic mass is 19.1. The molecule has 2 N–H and O–H groups in total. The van der Waals surface area contributed by atoms with E-state index >= 15 is 0 Å². The van der Waals surface area contributed by atoms with E-state index in [0.29, 0.717) is 11.7 Å². The molecule has 0 bridgehead atoms. The van der Waals surface area contributed by atoms with Gasteiger partial charge in [0, 0.05) is 23.8 Å². The summed E-state index contributed by atoms with van der Waals surface area (Å²) < 4.78 is 13.8. The van der Waals surface area contributed by atoms with E-state index in [4.69, 9.17) is 5.73 Å². The fraction of sp³-hybridized carbons (Fsp3) is 0.600. The Hall–Kier alpha value is -1.09. The minimum atomic E-state index is -0.157. The van der Waals surface area contributed by atoms with Gasteiger partial charge in [-0.05, 0) is 50.3 Å². The number of halogens is 1. The Morgan fingerprint density at radius 3 is 2.89 bits per heavy atom. The average Bonchev–Trinajstić information content (AvgIpc) is 2.82. The summed E-state index contributed by atoms with van der Waals surface area (Å²) in [4.78, 5) is 2.48. The lowest BCUT2D eigenvalue weighted by Gasteiger charge is -2.37. The Labute approximate surface area is 108 Å². The van der Waals surface area contributed by atoms with Gasteiger partial charge in [0.2, 0.25) is 0 Å². The summed E-state index contributed by atoms with van der Waals surface area (Å²) in [6, 6.07) is 5.76. The lowest BCUT2D eigenvalue weighted by Crippen LogP contribution is -2.42. The quantitative estimate of drug-likeness (QED) is 0.814. The van der Waals surface area contributed by atoms with Crippen LogP contribution in [0.25, 0.3) is 0 Å². The van der Waals surface area contributed by atoms with Crippen molar-refractivity contribution < 1.29 is 4.39 Å². The Balaban J connectivity index is 1.75. The molecule has 2 aliphatic rings. The van der Waals surface area contributed by atoms with Gasteiger partial charge in [0.15, 0.2) is 0 Å². The molecule has 1 aliphatic carbocycles. The van der Waals surface area contributed by atoms with Crippen LogP contribution in [-0.4, -0.2) is 17.5 Å². The molecular weight excluding hydrogens is 227 g/mol. The normalized spacial score (nSPS) is 28.3. The van der Waals surface area contributed by atoms with Crippen molar-refractivity contribution in [3.8, 4) is 0 Å². The number of nitrogen functional groups attached to an aromatic ring is 1. The molecule has 1 aromatic rings. The Morgan fingerprint density at radius 1 is 1.22 bits per heavy atom. The molecule has 2 fully saturated rings. The smallest absolute Gasteiger partial charge is 0.129 e. The summed E-state index contributed by atoms with van der Waals surface area (Å²) in [6.45, 7) is 1.86. The summed E-state index contributed by atoms with van der Waals surface area (Å²) >= 11 is 0. The van der Waals surface area contributed by atoms with Crippen LogP contribution in [0.1, 0.15) is 37.7 Å². The van der Waals surface area contributed by atoms with Crippen LogP contribution in [0.2, 0.25) is 0 Å². The number of rotatable bonds is 2. The van der Waals surface area contributed by atoms with Crippen molar-refractivity contribution >= 4 is 5.69 Å². The average molecular weight is 248 g/mol. The molecule has 0 radical (unpaired) electrons. The van der Waals surface area contributed by atoms with Gasteiger partial charge in [0.1, 0.15) is 5.82 Å². The van der Waals surface area contributed by atoms with E-state index in [2.05, 4.69) is 4.90 Å². The van der Waals surface area contributed by atoms with Crippen LogP contribution in [0.5, 0.6) is 0 Å². The number of piperidine rings is 1. The van der Waals surface area contributed by atoms with E-state index in [-0.39, 0.29) is 5.82 Å². The Kier molecular flexibility index (Phi) is 3.25. The maximum atomic E-state index is 13.8. The maximum absolute atomic E-state index is 13.8. The molecule has 3 rings (SSSR count). The van der Waals surface area contributed by atoms with Gasteiger partial charge >= 0.3 is 0 Å². The molecule has 18 heavy (non-hydrogen) atoms. The molecule has 2 nitrogen and oxygen atoms in total. The molecule has 98 valence electrons. The maximum Gasteiger partial charge on any atom is 0.129 e. The number of likely N-dealkylation sites (tertiary alicyclic amines) is 1. The largest absolute Gasteiger partial charge is 0.399 e. The first-order chi connectivity index (χ1) is 8.74. The first-order valence-electron chi connectivity index (χ1n) is 7.02. The molecule has 3 heteroatoms. The van der Waals surface area contributed by atoms with Gasteiger partial charge in [-0.25, -0.2) is 4.39 Å². The zero-order valence-electron chi connectivity index (χ0n) is 10.7. The molecule has 2 unspecified atom stereocenters. The van der Waals surface area contributed by atoms with Gasteiger partial charge in [-0.3, -0.25) is 4.90 Å². The molecule has 0 amide bonds. The molecule has 0 spiro atoms. The zero-order chi connectivity index (χ0) is 12.5. The van der Waals surface area contributed by atoms with Crippen LogP contribution in [-0.2, 0) is 6.54 Å². The van der Waals surface area contributed by atoms with Crippen LogP contribution in [0.3, 0.4) is 0 Å². The van der Waals surface area contributed by atoms with Crippen molar-refractivity contribution in [3.63, 3.8) is 0 Å². The molecule has 2 atom stereocenters. The van der Waals surface area contributed by atoms with Crippen LogP contribution < -0.4 is 5.73 Å². The third kappa shape index (κ3) is 2.24. The highest BCUT2D eigenvalue weighted by molar-refractivity contribution is 5.40. The third-order valence-electron chi connectivity index (χ3n) is 4.56. The van der Waals surface area contributed by atoms with Crippen molar-refractivity contribution in [2.24, 2.45) is 5.92 Å². The zero-order valence-corrected chi connectivity index (χ0v) is 10.7. The highest BCUT2D eigenvalue weighted by Gasteiger charge is 2.34. The van der Waals surface area contributed by atoms with Gasteiger partial charge in [-0.2, -0.15) is 0 Å². The van der Waals surface area contributed by atoms with Gasteiger partial charge < -0.3 is 5.73 Å². The second-order valence-corrected chi connectivity index (χ2v) is 5.72. The number of hydrogen-bond acceptors (Lipinski definition) is 2. The summed E-state index contributed by atoms with van der Waals surface area (Å²) in [6.07, 6.45) is 6.63. The molecule has 1 saturated carbocycles. The van der Waals surface area contributed by atoms with Gasteiger partial charge in [0.05, 0.1) is 0 Å². The standard InChI is InChI=1S/C15H21FN2/c16-14-9-13(17)7-6-12(14)10-18-8-2-4-11-3-1-5-15(11)18/h6-7,9,11,15H,1-5,8,10,17H2. The van der Waals surface area contributed by atoms with Crippen molar-refractivity contribution in [1.29, 1.82) is 0 Å². The molecule has 1 aromatic carbocycles.